The molecule has 0 radical (unpaired) electrons. The maximum atomic E-state index is 15.1. The summed E-state index contributed by atoms with van der Waals surface area (Å²) in [6.07, 6.45) is 0.793. The summed E-state index contributed by atoms with van der Waals surface area (Å²) in [4.78, 5) is 0. The molecule has 0 N–H and O–H groups in total. The second-order valence-electron chi connectivity index (χ2n) is 9.93. The molecular weight excluding hydrogens is 534 g/mol. The fraction of sp³-hybridized carbons (Fsp3) is 0.257. The highest BCUT2D eigenvalue weighted by Gasteiger charge is 2.31. The van der Waals surface area contributed by atoms with Crippen molar-refractivity contribution in [2.45, 2.75) is 58.0 Å². The van der Waals surface area contributed by atoms with Crippen LogP contribution in [0.3, 0.4) is 0 Å². The highest BCUT2D eigenvalue weighted by Crippen LogP contribution is 2.26. The zero-order chi connectivity index (χ0) is 29.4. The van der Waals surface area contributed by atoms with Crippen molar-refractivity contribution in [1.29, 1.82) is 0 Å². The van der Waals surface area contributed by atoms with E-state index in [1.54, 1.807) is 24.3 Å². The lowest BCUT2D eigenvalue weighted by Crippen LogP contribution is -2.14. The molecule has 0 saturated heterocycles. The molecule has 41 heavy (non-hydrogen) atoms. The molecule has 4 rings (SSSR count). The van der Waals surface area contributed by atoms with Crippen molar-refractivity contribution in [3.8, 4) is 23.7 Å². The van der Waals surface area contributed by atoms with Crippen LogP contribution in [-0.2, 0) is 12.8 Å². The second-order valence-corrected chi connectivity index (χ2v) is 9.93. The highest BCUT2D eigenvalue weighted by atomic mass is 19.4. The van der Waals surface area contributed by atoms with Crippen molar-refractivity contribution in [1.82, 2.24) is 0 Å². The molecule has 0 spiro atoms. The van der Waals surface area contributed by atoms with E-state index in [9.17, 15) is 22.0 Å². The van der Waals surface area contributed by atoms with E-state index in [1.807, 2.05) is 12.1 Å². The van der Waals surface area contributed by atoms with Gasteiger partial charge in [-0.1, -0.05) is 80.6 Å². The Morgan fingerprint density at radius 2 is 1.27 bits per heavy atom. The van der Waals surface area contributed by atoms with Gasteiger partial charge in [-0.25, -0.2) is 13.2 Å². The molecule has 4 aromatic carbocycles. The minimum absolute atomic E-state index is 0.0121. The lowest BCUT2D eigenvalue weighted by molar-refractivity contribution is -0.128. The summed E-state index contributed by atoms with van der Waals surface area (Å²) in [6.45, 7) is 2.21. The van der Waals surface area contributed by atoms with Crippen LogP contribution in [0.25, 0.3) is 10.8 Å². The Bertz CT molecular complexity index is 1620. The molecule has 6 heteroatoms. The molecule has 0 aliphatic carbocycles. The Morgan fingerprint density at radius 3 is 1.95 bits per heavy atom. The van der Waals surface area contributed by atoms with E-state index >= 15 is 4.39 Å². The molecule has 0 nitrogen and oxygen atoms in total. The van der Waals surface area contributed by atoms with E-state index in [0.29, 0.717) is 28.5 Å². The minimum atomic E-state index is -4.76. The van der Waals surface area contributed by atoms with Gasteiger partial charge in [-0.3, -0.25) is 0 Å². The first-order valence-electron chi connectivity index (χ1n) is 13.5. The van der Waals surface area contributed by atoms with Crippen molar-refractivity contribution < 1.29 is 26.3 Å². The average Bonchev–Trinajstić information content (AvgIpc) is 2.93. The third-order valence-electron chi connectivity index (χ3n) is 6.69. The summed E-state index contributed by atoms with van der Waals surface area (Å²) >= 11 is 0. The Labute approximate surface area is 236 Å². The molecule has 4 aromatic rings. The average molecular weight is 563 g/mol. The molecule has 0 aliphatic rings. The summed E-state index contributed by atoms with van der Waals surface area (Å²) in [5.41, 5.74) is 1.60. The third kappa shape index (κ3) is 8.41. The van der Waals surface area contributed by atoms with E-state index in [1.165, 1.54) is 43.7 Å². The van der Waals surface area contributed by atoms with Crippen LogP contribution < -0.4 is 0 Å². The number of aryl methyl sites for hydroxylation is 1. The van der Waals surface area contributed by atoms with E-state index < -0.39 is 35.6 Å². The molecular formula is C35H28F6. The number of hydrogen-bond acceptors (Lipinski definition) is 0. The van der Waals surface area contributed by atoms with Crippen LogP contribution in [0.2, 0.25) is 0 Å². The van der Waals surface area contributed by atoms with Crippen molar-refractivity contribution >= 4 is 10.8 Å². The standard InChI is InChI=1S/C35H28F6/c1-2-3-4-5-6-7-24-8-10-25(11-9-24)12-13-26-15-19-30-29(20-26)18-17-28(34(30)38)16-14-27-21-32(36)31(33(37)22-27)23-35(39,40)41/h8-11,15,17-22H,2-7,23H2,1H3. The summed E-state index contributed by atoms with van der Waals surface area (Å²) in [5.74, 6) is 7.88. The molecule has 0 unspecified atom stereocenters. The van der Waals surface area contributed by atoms with Crippen molar-refractivity contribution in [3.05, 3.63) is 118 Å². The Kier molecular flexibility index (Phi) is 9.79. The first kappa shape index (κ1) is 29.8. The van der Waals surface area contributed by atoms with Crippen LogP contribution in [-0.4, -0.2) is 6.18 Å². The topological polar surface area (TPSA) is 0 Å². The maximum Gasteiger partial charge on any atom is 0.393 e. The monoisotopic (exact) mass is 562 g/mol. The quantitative estimate of drug-likeness (QED) is 0.120. The maximum absolute atomic E-state index is 15.1. The van der Waals surface area contributed by atoms with Gasteiger partial charge in [0.25, 0.3) is 0 Å². The zero-order valence-corrected chi connectivity index (χ0v) is 22.6. The fourth-order valence-electron chi connectivity index (χ4n) is 4.48. The largest absolute Gasteiger partial charge is 0.393 e. The van der Waals surface area contributed by atoms with Crippen LogP contribution in [0.1, 0.15) is 72.4 Å². The molecule has 0 bridgehead atoms. The van der Waals surface area contributed by atoms with Gasteiger partial charge in [0.05, 0.1) is 12.0 Å². The van der Waals surface area contributed by atoms with E-state index in [2.05, 4.69) is 42.7 Å². The van der Waals surface area contributed by atoms with Gasteiger partial charge in [-0.05, 0) is 66.3 Å². The van der Waals surface area contributed by atoms with Crippen LogP contribution in [0.15, 0.2) is 66.7 Å². The summed E-state index contributed by atoms with van der Waals surface area (Å²) in [5, 5.41) is 0.899. The molecule has 0 saturated carbocycles. The van der Waals surface area contributed by atoms with Gasteiger partial charge in [0.1, 0.15) is 17.5 Å². The van der Waals surface area contributed by atoms with Crippen molar-refractivity contribution in [3.63, 3.8) is 0 Å². The lowest BCUT2D eigenvalue weighted by atomic mass is 10.0. The van der Waals surface area contributed by atoms with Crippen LogP contribution in [0, 0.1) is 41.1 Å². The van der Waals surface area contributed by atoms with Gasteiger partial charge in [-0.15, -0.1) is 0 Å². The first-order chi connectivity index (χ1) is 19.6. The summed E-state index contributed by atoms with van der Waals surface area (Å²) in [6, 6.07) is 17.8. The van der Waals surface area contributed by atoms with Gasteiger partial charge >= 0.3 is 6.18 Å². The SMILES string of the molecule is CCCCCCCc1ccc(C#Cc2ccc3c(F)c(C#Cc4cc(F)c(CC(F)(F)F)c(F)c4)ccc3c2)cc1. The normalized spacial score (nSPS) is 11.1. The number of fused-ring (bicyclic) bond motifs is 1. The second kappa shape index (κ2) is 13.5. The predicted molar refractivity (Wildman–Crippen MR) is 151 cm³/mol. The lowest BCUT2D eigenvalue weighted by Gasteiger charge is -2.08. The summed E-state index contributed by atoms with van der Waals surface area (Å²) < 4.78 is 80.9. The molecule has 0 amide bonds. The summed E-state index contributed by atoms with van der Waals surface area (Å²) in [7, 11) is 0. The van der Waals surface area contributed by atoms with Crippen LogP contribution in [0.5, 0.6) is 0 Å². The van der Waals surface area contributed by atoms with Gasteiger partial charge < -0.3 is 0 Å². The first-order valence-corrected chi connectivity index (χ1v) is 13.5. The number of unbranched alkanes of at least 4 members (excludes halogenated alkanes) is 4. The molecule has 0 heterocycles. The molecule has 0 aromatic heterocycles. The van der Waals surface area contributed by atoms with Gasteiger partial charge in [0, 0.05) is 27.6 Å². The predicted octanol–water partition coefficient (Wildman–Crippen LogP) is 9.67. The van der Waals surface area contributed by atoms with Crippen LogP contribution >= 0.6 is 0 Å². The smallest absolute Gasteiger partial charge is 0.207 e. The number of halogens is 6. The van der Waals surface area contributed by atoms with E-state index in [-0.39, 0.29) is 11.1 Å². The number of rotatable bonds is 7. The van der Waals surface area contributed by atoms with E-state index in [4.69, 9.17) is 0 Å². The van der Waals surface area contributed by atoms with Crippen molar-refractivity contribution in [2.75, 3.05) is 0 Å². The molecule has 210 valence electrons. The molecule has 0 aliphatic heterocycles. The third-order valence-corrected chi connectivity index (χ3v) is 6.69. The van der Waals surface area contributed by atoms with Crippen LogP contribution in [0.4, 0.5) is 26.3 Å². The number of benzene rings is 4. The van der Waals surface area contributed by atoms with Crippen molar-refractivity contribution in [2.24, 2.45) is 0 Å². The number of alkyl halides is 3. The van der Waals surface area contributed by atoms with E-state index in [0.717, 1.165) is 12.0 Å². The Hall–Kier alpha value is -4.16. The Morgan fingerprint density at radius 1 is 0.634 bits per heavy atom. The number of hydrogen-bond donors (Lipinski definition) is 0. The van der Waals surface area contributed by atoms with Gasteiger partial charge in [-0.2, -0.15) is 13.2 Å². The zero-order valence-electron chi connectivity index (χ0n) is 22.6. The Balaban J connectivity index is 1.47. The highest BCUT2D eigenvalue weighted by molar-refractivity contribution is 5.86. The molecule has 0 fully saturated rings. The van der Waals surface area contributed by atoms with Gasteiger partial charge in [0.2, 0.25) is 0 Å². The minimum Gasteiger partial charge on any atom is -0.207 e. The van der Waals surface area contributed by atoms with Gasteiger partial charge in [0.15, 0.2) is 0 Å². The fourth-order valence-corrected chi connectivity index (χ4v) is 4.48. The molecule has 0 atom stereocenters.